The molecule has 0 aromatic heterocycles. The first-order chi connectivity index (χ1) is 16.2. The van der Waals surface area contributed by atoms with Gasteiger partial charge in [0.1, 0.15) is 17.7 Å². The van der Waals surface area contributed by atoms with E-state index < -0.39 is 23.8 Å². The molecular weight excluding hydrogens is 430 g/mol. The molecule has 2 saturated heterocycles. The Kier molecular flexibility index (Phi) is 8.97. The molecule has 2 fully saturated rings. The summed E-state index contributed by atoms with van der Waals surface area (Å²) in [7, 11) is 0. The molecule has 7 heteroatoms. The minimum atomic E-state index is -0.676. The van der Waals surface area contributed by atoms with E-state index in [-0.39, 0.29) is 23.9 Å². The van der Waals surface area contributed by atoms with Gasteiger partial charge in [0, 0.05) is 6.04 Å². The van der Waals surface area contributed by atoms with Crippen LogP contribution in [0.4, 0.5) is 4.79 Å². The molecule has 0 saturated carbocycles. The molecule has 0 aromatic rings. The molecule has 0 unspecified atom stereocenters. The average Bonchev–Trinajstić information content (AvgIpc) is 3.17. The number of rotatable bonds is 3. The van der Waals surface area contributed by atoms with E-state index in [1.54, 1.807) is 25.7 Å². The largest absolute Gasteiger partial charge is 0.444 e. The van der Waals surface area contributed by atoms with Gasteiger partial charge in [0.05, 0.1) is 6.04 Å². The Morgan fingerprint density at radius 2 is 1.68 bits per heavy atom. The Morgan fingerprint density at radius 3 is 2.44 bits per heavy atom. The van der Waals surface area contributed by atoms with E-state index in [4.69, 9.17) is 4.74 Å². The van der Waals surface area contributed by atoms with Crippen LogP contribution in [0.3, 0.4) is 0 Å². The van der Waals surface area contributed by atoms with E-state index in [0.29, 0.717) is 12.8 Å². The minimum absolute atomic E-state index is 0.0313. The zero-order chi connectivity index (χ0) is 24.7. The lowest BCUT2D eigenvalue weighted by molar-refractivity contribution is -0.143. The van der Waals surface area contributed by atoms with Crippen LogP contribution >= 0.6 is 0 Å². The molecule has 34 heavy (non-hydrogen) atoms. The number of ether oxygens (including phenoxy) is 1. The van der Waals surface area contributed by atoms with Crippen molar-refractivity contribution in [1.82, 2.24) is 15.5 Å². The Labute approximate surface area is 204 Å². The van der Waals surface area contributed by atoms with Gasteiger partial charge in [-0.15, -0.1) is 0 Å². The van der Waals surface area contributed by atoms with Gasteiger partial charge in [-0.2, -0.15) is 0 Å². The predicted octanol–water partition coefficient (Wildman–Crippen LogP) is 4.54. The molecule has 3 amide bonds. The molecule has 0 aromatic carbocycles. The maximum atomic E-state index is 13.6. The highest BCUT2D eigenvalue weighted by atomic mass is 16.6. The summed E-state index contributed by atoms with van der Waals surface area (Å²) in [5.74, 6) is -0.303. The van der Waals surface area contributed by atoms with Crippen LogP contribution in [0.5, 0.6) is 0 Å². The fourth-order valence-corrected chi connectivity index (χ4v) is 5.07. The fraction of sp³-hybridized carbons (Fsp3) is 0.667. The first-order valence-electron chi connectivity index (χ1n) is 12.8. The smallest absolute Gasteiger partial charge is 0.408 e. The van der Waals surface area contributed by atoms with Crippen molar-refractivity contribution in [3.63, 3.8) is 0 Å². The van der Waals surface area contributed by atoms with Crippen LogP contribution in [-0.2, 0) is 14.3 Å². The summed E-state index contributed by atoms with van der Waals surface area (Å²) < 4.78 is 5.38. The molecule has 4 atom stereocenters. The third-order valence-electron chi connectivity index (χ3n) is 6.76. The van der Waals surface area contributed by atoms with Crippen LogP contribution in [0.1, 0.15) is 85.0 Å². The summed E-state index contributed by atoms with van der Waals surface area (Å²) in [5.41, 5.74) is 0.230. The molecule has 3 aliphatic rings. The maximum Gasteiger partial charge on any atom is 0.408 e. The SMILES string of the molecule is C=C1/C=C\C=C/CCCC[C@H]1NC(=O)[C@@H]1CC[C@@H]2CCCC[C@H](NC(=O)OC(C)(C)C)C(=O)N21. The van der Waals surface area contributed by atoms with Crippen LogP contribution in [0, 0.1) is 0 Å². The highest BCUT2D eigenvalue weighted by Gasteiger charge is 2.44. The lowest BCUT2D eigenvalue weighted by Crippen LogP contribution is -2.57. The zero-order valence-electron chi connectivity index (χ0n) is 21.0. The molecule has 2 aliphatic heterocycles. The van der Waals surface area contributed by atoms with Gasteiger partial charge in [-0.3, -0.25) is 9.59 Å². The molecule has 2 N–H and O–H groups in total. The van der Waals surface area contributed by atoms with Gasteiger partial charge in [0.2, 0.25) is 11.8 Å². The highest BCUT2D eigenvalue weighted by molar-refractivity contribution is 5.92. The van der Waals surface area contributed by atoms with Crippen LogP contribution in [0.2, 0.25) is 0 Å². The summed E-state index contributed by atoms with van der Waals surface area (Å²) in [5, 5.41) is 5.95. The minimum Gasteiger partial charge on any atom is -0.444 e. The van der Waals surface area contributed by atoms with Crippen molar-refractivity contribution in [2.75, 3.05) is 0 Å². The van der Waals surface area contributed by atoms with Gasteiger partial charge in [-0.25, -0.2) is 4.79 Å². The summed E-state index contributed by atoms with van der Waals surface area (Å²) in [6, 6.07) is -1.31. The van der Waals surface area contributed by atoms with Gasteiger partial charge in [0.25, 0.3) is 0 Å². The van der Waals surface area contributed by atoms with Crippen LogP contribution < -0.4 is 10.6 Å². The van der Waals surface area contributed by atoms with Crippen molar-refractivity contribution in [2.24, 2.45) is 0 Å². The van der Waals surface area contributed by atoms with Crippen molar-refractivity contribution < 1.29 is 19.1 Å². The topological polar surface area (TPSA) is 87.7 Å². The monoisotopic (exact) mass is 471 g/mol. The lowest BCUT2D eigenvalue weighted by Gasteiger charge is -2.36. The number of nitrogens with zero attached hydrogens (tertiary/aromatic N) is 1. The van der Waals surface area contributed by atoms with Crippen LogP contribution in [0.15, 0.2) is 36.5 Å². The quantitative estimate of drug-likeness (QED) is 0.633. The number of hydrogen-bond donors (Lipinski definition) is 2. The first-order valence-corrected chi connectivity index (χ1v) is 12.8. The van der Waals surface area contributed by atoms with Gasteiger partial charge in [-0.05, 0) is 71.3 Å². The standard InChI is InChI=1S/C27H41N3O4/c1-19-13-9-7-5-6-8-10-15-21(19)28-24(31)23-18-17-20-14-11-12-16-22(25(32)30(20)23)29-26(33)34-27(2,3)4/h5,7,9,13,20-23H,1,6,8,10-12,14-18H2,2-4H3,(H,28,31)(H,29,33)/b7-5-,13-9-/t20-,21+,22-,23-/m0/s1. The molecule has 7 nitrogen and oxygen atoms in total. The van der Waals surface area contributed by atoms with Gasteiger partial charge >= 0.3 is 6.09 Å². The molecular formula is C27H41N3O4. The Balaban J connectivity index is 1.71. The van der Waals surface area contributed by atoms with Crippen molar-refractivity contribution in [3.05, 3.63) is 36.5 Å². The number of allylic oxidation sites excluding steroid dienone is 3. The Morgan fingerprint density at radius 1 is 0.971 bits per heavy atom. The third-order valence-corrected chi connectivity index (χ3v) is 6.76. The van der Waals surface area contributed by atoms with E-state index >= 15 is 0 Å². The molecule has 2 heterocycles. The molecule has 1 aliphatic carbocycles. The fourth-order valence-electron chi connectivity index (χ4n) is 5.07. The zero-order valence-corrected chi connectivity index (χ0v) is 21.0. The number of fused-ring (bicyclic) bond motifs is 1. The van der Waals surface area contributed by atoms with Crippen LogP contribution in [0.25, 0.3) is 0 Å². The van der Waals surface area contributed by atoms with E-state index in [2.05, 4.69) is 23.3 Å². The highest BCUT2D eigenvalue weighted by Crippen LogP contribution is 2.32. The summed E-state index contributed by atoms with van der Waals surface area (Å²) in [4.78, 5) is 41.1. The molecule has 0 radical (unpaired) electrons. The van der Waals surface area contributed by atoms with Crippen LogP contribution in [-0.4, -0.2) is 52.6 Å². The molecule has 188 valence electrons. The first kappa shape index (κ1) is 26.0. The molecule has 3 rings (SSSR count). The van der Waals surface area contributed by atoms with Crippen molar-refractivity contribution in [1.29, 1.82) is 0 Å². The van der Waals surface area contributed by atoms with Crippen molar-refractivity contribution in [2.45, 2.75) is 115 Å². The summed E-state index contributed by atoms with van der Waals surface area (Å²) in [6.07, 6.45) is 16.1. The van der Waals surface area contributed by atoms with E-state index in [1.165, 1.54) is 0 Å². The number of alkyl carbamates (subject to hydrolysis) is 1. The normalized spacial score (nSPS) is 30.4. The van der Waals surface area contributed by atoms with E-state index in [9.17, 15) is 14.4 Å². The van der Waals surface area contributed by atoms with E-state index in [1.807, 2.05) is 18.2 Å². The molecule has 0 bridgehead atoms. The Bertz CT molecular complexity index is 826. The summed E-state index contributed by atoms with van der Waals surface area (Å²) >= 11 is 0. The summed E-state index contributed by atoms with van der Waals surface area (Å²) in [6.45, 7) is 9.55. The van der Waals surface area contributed by atoms with Gasteiger partial charge in [0.15, 0.2) is 0 Å². The van der Waals surface area contributed by atoms with Crippen molar-refractivity contribution in [3.8, 4) is 0 Å². The molecule has 0 spiro atoms. The average molecular weight is 472 g/mol. The second-order valence-corrected chi connectivity index (χ2v) is 10.7. The maximum absolute atomic E-state index is 13.6. The van der Waals surface area contributed by atoms with Crippen molar-refractivity contribution >= 4 is 17.9 Å². The second kappa shape index (κ2) is 11.7. The number of hydrogen-bond acceptors (Lipinski definition) is 4. The number of carbonyl (C=O) groups is 3. The van der Waals surface area contributed by atoms with Gasteiger partial charge < -0.3 is 20.3 Å². The number of amides is 3. The van der Waals surface area contributed by atoms with E-state index in [0.717, 1.165) is 56.9 Å². The lowest BCUT2D eigenvalue weighted by atomic mass is 9.98. The Hall–Kier alpha value is -2.57. The van der Waals surface area contributed by atoms with Gasteiger partial charge in [-0.1, -0.05) is 50.1 Å². The second-order valence-electron chi connectivity index (χ2n) is 10.7. The predicted molar refractivity (Wildman–Crippen MR) is 133 cm³/mol. The number of carbonyl (C=O) groups excluding carboxylic acids is 3. The number of nitrogens with one attached hydrogen (secondary N) is 2. The third kappa shape index (κ3) is 7.21.